The normalized spacial score (nSPS) is 20.0. The highest BCUT2D eigenvalue weighted by Crippen LogP contribution is 2.33. The first-order valence-electron chi connectivity index (χ1n) is 28.0. The van der Waals surface area contributed by atoms with Gasteiger partial charge in [0.2, 0.25) is 5.91 Å². The smallest absolute Gasteiger partial charge is 0.220 e. The van der Waals surface area contributed by atoms with E-state index in [9.17, 15) is 30.3 Å². The second kappa shape index (κ2) is 43.8. The number of rotatable bonds is 47. The number of aromatic nitrogens is 1. The Kier molecular flexibility index (Phi) is 40.6. The molecule has 392 valence electrons. The third-order valence-electron chi connectivity index (χ3n) is 13.6. The SMILES string of the molecule is CCCCCCCCCCCCCCCCCCCCCCCCCC(=O)N[C@@H](CO[C@H]1O[C@H](CSSc2ccccn2)[C@H](O)[C@H](O)[C@H]1O)[C@H](O)[C@H](O)CCCCCCCCCCCCCC. The molecule has 10 nitrogen and oxygen atoms in total. The number of nitrogens with one attached hydrogen (secondary N) is 1. The third-order valence-corrected chi connectivity index (χ3v) is 15.9. The Labute approximate surface area is 417 Å². The van der Waals surface area contributed by atoms with Gasteiger partial charge in [-0.15, -0.1) is 0 Å². The van der Waals surface area contributed by atoms with Gasteiger partial charge in [0, 0.05) is 18.4 Å². The van der Waals surface area contributed by atoms with E-state index in [0.717, 1.165) is 43.6 Å². The Balaban J connectivity index is 1.68. The van der Waals surface area contributed by atoms with E-state index in [4.69, 9.17) is 9.47 Å². The zero-order valence-electron chi connectivity index (χ0n) is 42.7. The Morgan fingerprint density at radius 3 is 1.48 bits per heavy atom. The van der Waals surface area contributed by atoms with E-state index in [1.165, 1.54) is 208 Å². The number of unbranched alkanes of at least 4 members (excludes halogenated alkanes) is 33. The van der Waals surface area contributed by atoms with Crippen molar-refractivity contribution in [1.29, 1.82) is 0 Å². The quantitative estimate of drug-likeness (QED) is 0.0272. The van der Waals surface area contributed by atoms with Crippen molar-refractivity contribution in [3.8, 4) is 0 Å². The van der Waals surface area contributed by atoms with E-state index in [1.807, 2.05) is 18.2 Å². The monoisotopic (exact) mass is 983 g/mol. The molecule has 0 unspecified atom stereocenters. The maximum Gasteiger partial charge on any atom is 0.220 e. The van der Waals surface area contributed by atoms with Crippen molar-refractivity contribution < 1.29 is 39.8 Å². The van der Waals surface area contributed by atoms with Crippen LogP contribution in [0.25, 0.3) is 0 Å². The van der Waals surface area contributed by atoms with Crippen molar-refractivity contribution in [1.82, 2.24) is 10.3 Å². The molecule has 6 N–H and O–H groups in total. The molecule has 0 aromatic carbocycles. The van der Waals surface area contributed by atoms with Crippen LogP contribution in [0.5, 0.6) is 0 Å². The van der Waals surface area contributed by atoms with Crippen molar-refractivity contribution in [2.75, 3.05) is 12.4 Å². The zero-order valence-corrected chi connectivity index (χ0v) is 44.4. The number of aliphatic hydroxyl groups is 5. The van der Waals surface area contributed by atoms with Gasteiger partial charge in [-0.3, -0.25) is 4.79 Å². The highest BCUT2D eigenvalue weighted by molar-refractivity contribution is 8.76. The first kappa shape index (κ1) is 62.2. The molecule has 0 aliphatic carbocycles. The number of nitrogens with zero attached hydrogens (tertiary/aromatic N) is 1. The second-order valence-corrected chi connectivity index (χ2v) is 22.2. The highest BCUT2D eigenvalue weighted by Gasteiger charge is 2.45. The van der Waals surface area contributed by atoms with E-state index in [0.29, 0.717) is 12.8 Å². The van der Waals surface area contributed by atoms with Gasteiger partial charge in [-0.2, -0.15) is 0 Å². The lowest BCUT2D eigenvalue weighted by atomic mass is 9.98. The number of carbonyl (C=O) groups is 1. The summed E-state index contributed by atoms with van der Waals surface area (Å²) in [6.07, 6.45) is 38.1. The van der Waals surface area contributed by atoms with Gasteiger partial charge in [0.1, 0.15) is 29.4 Å². The predicted molar refractivity (Wildman–Crippen MR) is 281 cm³/mol. The lowest BCUT2D eigenvalue weighted by Gasteiger charge is -2.40. The molecular weight excluding hydrogens is 881 g/mol. The van der Waals surface area contributed by atoms with Crippen molar-refractivity contribution in [2.24, 2.45) is 0 Å². The standard InChI is InChI=1S/C55H102N2O8S2/c1-3-5-7-9-11-13-15-17-18-19-20-21-22-23-24-25-26-27-29-31-33-35-37-41-49(59)57-46(51(60)47(58)40-36-34-32-30-28-16-14-12-10-8-6-4-2)44-64-55-54(63)53(62)52(61)48(65-55)45-66-67-50-42-38-39-43-56-50/h38-39,42-43,46-48,51-55,58,60-63H,3-37,40-41,44-45H2,1-2H3,(H,57,59)/t46-,47+,48+,51-,52-,53-,54+,55-/m0/s1. The first-order chi connectivity index (χ1) is 32.8. The summed E-state index contributed by atoms with van der Waals surface area (Å²) in [6, 6.07) is 4.62. The molecule has 1 aliphatic rings. The molecule has 1 aromatic heterocycles. The van der Waals surface area contributed by atoms with Gasteiger partial charge in [-0.25, -0.2) is 4.98 Å². The largest absolute Gasteiger partial charge is 0.390 e. The third kappa shape index (κ3) is 32.6. The molecule has 8 atom stereocenters. The van der Waals surface area contributed by atoms with Crippen molar-refractivity contribution in [3.05, 3.63) is 24.4 Å². The van der Waals surface area contributed by atoms with E-state index in [1.54, 1.807) is 6.20 Å². The van der Waals surface area contributed by atoms with Crippen LogP contribution in [0, 0.1) is 0 Å². The van der Waals surface area contributed by atoms with E-state index < -0.39 is 49.0 Å². The van der Waals surface area contributed by atoms with Gasteiger partial charge in [-0.1, -0.05) is 249 Å². The molecule has 1 fully saturated rings. The Bertz CT molecular complexity index is 1240. The van der Waals surface area contributed by atoms with Gasteiger partial charge in [0.05, 0.1) is 24.9 Å². The topological polar surface area (TPSA) is 162 Å². The molecule has 1 saturated heterocycles. The van der Waals surface area contributed by atoms with Crippen LogP contribution in [0.2, 0.25) is 0 Å². The molecule has 0 radical (unpaired) electrons. The molecule has 67 heavy (non-hydrogen) atoms. The fourth-order valence-electron chi connectivity index (χ4n) is 9.16. The summed E-state index contributed by atoms with van der Waals surface area (Å²) in [5.41, 5.74) is 0. The number of ether oxygens (including phenoxy) is 2. The van der Waals surface area contributed by atoms with Crippen LogP contribution in [0.1, 0.15) is 251 Å². The first-order valence-corrected chi connectivity index (χ1v) is 30.3. The van der Waals surface area contributed by atoms with Crippen LogP contribution in [0.15, 0.2) is 29.4 Å². The summed E-state index contributed by atoms with van der Waals surface area (Å²) in [5.74, 6) is 0.0571. The number of hydrogen-bond acceptors (Lipinski definition) is 11. The number of aliphatic hydroxyl groups excluding tert-OH is 5. The van der Waals surface area contributed by atoms with Crippen LogP contribution in [0.3, 0.4) is 0 Å². The van der Waals surface area contributed by atoms with Gasteiger partial charge in [-0.05, 0) is 35.8 Å². The van der Waals surface area contributed by atoms with Gasteiger partial charge < -0.3 is 40.3 Å². The molecule has 0 bridgehead atoms. The Morgan fingerprint density at radius 2 is 1.04 bits per heavy atom. The summed E-state index contributed by atoms with van der Waals surface area (Å²) in [5, 5.41) is 58.4. The van der Waals surface area contributed by atoms with E-state index in [-0.39, 0.29) is 18.3 Å². The maximum absolute atomic E-state index is 13.2. The van der Waals surface area contributed by atoms with Crippen molar-refractivity contribution >= 4 is 27.5 Å². The molecule has 1 aromatic rings. The molecule has 0 saturated carbocycles. The molecule has 1 aliphatic heterocycles. The second-order valence-electron chi connectivity index (χ2n) is 19.8. The number of pyridine rings is 1. The van der Waals surface area contributed by atoms with Crippen molar-refractivity contribution in [2.45, 2.75) is 305 Å². The van der Waals surface area contributed by atoms with E-state index >= 15 is 0 Å². The Hall–Kier alpha value is -0.960. The molecule has 2 heterocycles. The average Bonchev–Trinajstić information content (AvgIpc) is 3.33. The van der Waals surface area contributed by atoms with Crippen LogP contribution >= 0.6 is 21.6 Å². The van der Waals surface area contributed by atoms with Crippen LogP contribution in [0.4, 0.5) is 0 Å². The molecule has 0 spiro atoms. The lowest BCUT2D eigenvalue weighted by Crippen LogP contribution is -2.60. The molecule has 1 amide bonds. The molecule has 12 heteroatoms. The summed E-state index contributed by atoms with van der Waals surface area (Å²) in [4.78, 5) is 17.5. The maximum atomic E-state index is 13.2. The average molecular weight is 984 g/mol. The van der Waals surface area contributed by atoms with E-state index in [2.05, 4.69) is 24.1 Å². The van der Waals surface area contributed by atoms with Gasteiger partial charge in [0.15, 0.2) is 6.29 Å². The van der Waals surface area contributed by atoms with Crippen LogP contribution in [-0.4, -0.2) is 97.7 Å². The van der Waals surface area contributed by atoms with Crippen molar-refractivity contribution in [3.63, 3.8) is 0 Å². The minimum atomic E-state index is -1.55. The minimum absolute atomic E-state index is 0.227. The highest BCUT2D eigenvalue weighted by atomic mass is 33.1. The predicted octanol–water partition coefficient (Wildman–Crippen LogP) is 13.3. The minimum Gasteiger partial charge on any atom is -0.390 e. The summed E-state index contributed by atoms with van der Waals surface area (Å²) in [6.45, 7) is 4.28. The summed E-state index contributed by atoms with van der Waals surface area (Å²) >= 11 is 0. The van der Waals surface area contributed by atoms with Crippen LogP contribution in [-0.2, 0) is 14.3 Å². The summed E-state index contributed by atoms with van der Waals surface area (Å²) < 4.78 is 11.9. The summed E-state index contributed by atoms with van der Waals surface area (Å²) in [7, 11) is 2.81. The zero-order chi connectivity index (χ0) is 48.4. The van der Waals surface area contributed by atoms with Gasteiger partial charge in [0.25, 0.3) is 0 Å². The lowest BCUT2D eigenvalue weighted by molar-refractivity contribution is -0.294. The fourth-order valence-corrected chi connectivity index (χ4v) is 11.3. The number of carbonyl (C=O) groups excluding carboxylic acids is 1. The van der Waals surface area contributed by atoms with Crippen LogP contribution < -0.4 is 5.32 Å². The number of amides is 1. The van der Waals surface area contributed by atoms with Gasteiger partial charge >= 0.3 is 0 Å². The fraction of sp³-hybridized carbons (Fsp3) is 0.891. The Morgan fingerprint density at radius 1 is 0.612 bits per heavy atom. The molecule has 2 rings (SSSR count). The number of hydrogen-bond donors (Lipinski definition) is 6. The molecular formula is C55H102N2O8S2.